The monoisotopic (exact) mass is 309 g/mol. The quantitative estimate of drug-likeness (QED) is 0.930. The van der Waals surface area contributed by atoms with Crippen molar-refractivity contribution in [3.8, 4) is 5.75 Å². The Kier molecular flexibility index (Phi) is 4.36. The molecule has 1 amide bonds. The van der Waals surface area contributed by atoms with Crippen LogP contribution in [-0.2, 0) is 0 Å². The Morgan fingerprint density at radius 3 is 2.76 bits per heavy atom. The third-order valence-corrected chi connectivity index (χ3v) is 4.67. The first kappa shape index (κ1) is 14.7. The van der Waals surface area contributed by atoms with Crippen LogP contribution in [0.2, 0.25) is 5.02 Å². The molecule has 0 bridgehead atoms. The highest BCUT2D eigenvalue weighted by Crippen LogP contribution is 2.29. The number of aliphatic hydroxyl groups excluding tert-OH is 1. The summed E-state index contributed by atoms with van der Waals surface area (Å²) in [6.45, 7) is 1.42. The molecular weight excluding hydrogens is 290 g/mol. The molecule has 1 saturated carbocycles. The molecule has 1 heterocycles. The largest absolute Gasteiger partial charge is 0.490 e. The van der Waals surface area contributed by atoms with Crippen LogP contribution in [0, 0.1) is 5.92 Å². The molecule has 1 aliphatic carbocycles. The molecule has 1 atom stereocenters. The molecule has 114 valence electrons. The van der Waals surface area contributed by atoms with Crippen LogP contribution in [0.15, 0.2) is 18.2 Å². The topological polar surface area (TPSA) is 49.8 Å². The van der Waals surface area contributed by atoms with E-state index in [0.29, 0.717) is 29.8 Å². The van der Waals surface area contributed by atoms with E-state index in [4.69, 9.17) is 21.4 Å². The number of ether oxygens (including phenoxy) is 1. The maximum Gasteiger partial charge on any atom is 0.255 e. The fourth-order valence-corrected chi connectivity index (χ4v) is 3.01. The number of halogens is 1. The first-order chi connectivity index (χ1) is 10.2. The fourth-order valence-electron chi connectivity index (χ4n) is 2.76. The zero-order valence-corrected chi connectivity index (χ0v) is 12.7. The smallest absolute Gasteiger partial charge is 0.255 e. The molecule has 1 unspecified atom stereocenters. The van der Waals surface area contributed by atoms with Crippen LogP contribution in [0.4, 0.5) is 0 Å². The Labute approximate surface area is 129 Å². The van der Waals surface area contributed by atoms with Crippen LogP contribution < -0.4 is 4.74 Å². The summed E-state index contributed by atoms with van der Waals surface area (Å²) in [4.78, 5) is 14.2. The van der Waals surface area contributed by atoms with Gasteiger partial charge in [-0.25, -0.2) is 0 Å². The molecule has 1 aliphatic heterocycles. The van der Waals surface area contributed by atoms with Crippen LogP contribution in [0.3, 0.4) is 0 Å². The Morgan fingerprint density at radius 2 is 2.19 bits per heavy atom. The van der Waals surface area contributed by atoms with Gasteiger partial charge >= 0.3 is 0 Å². The summed E-state index contributed by atoms with van der Waals surface area (Å²) in [5, 5.41) is 9.59. The van der Waals surface area contributed by atoms with Crippen LogP contribution >= 0.6 is 11.6 Å². The van der Waals surface area contributed by atoms with Gasteiger partial charge in [-0.1, -0.05) is 11.6 Å². The first-order valence-electron chi connectivity index (χ1n) is 7.53. The van der Waals surface area contributed by atoms with Gasteiger partial charge in [0.05, 0.1) is 16.7 Å². The summed E-state index contributed by atoms with van der Waals surface area (Å²) in [7, 11) is 0. The normalized spacial score (nSPS) is 22.2. The lowest BCUT2D eigenvalue weighted by atomic mass is 9.96. The van der Waals surface area contributed by atoms with Crippen molar-refractivity contribution in [2.24, 2.45) is 5.92 Å². The lowest BCUT2D eigenvalue weighted by Crippen LogP contribution is -2.29. The number of carbonyl (C=O) groups is 1. The SMILES string of the molecule is O=C(c1ccc(OC2CCC2)cc1Cl)N1CCC(CO)C1. The van der Waals surface area contributed by atoms with E-state index in [0.717, 1.165) is 25.0 Å². The van der Waals surface area contributed by atoms with Crippen molar-refractivity contribution >= 4 is 17.5 Å². The molecule has 21 heavy (non-hydrogen) atoms. The molecule has 1 aromatic rings. The molecule has 1 aromatic carbocycles. The van der Waals surface area contributed by atoms with E-state index in [1.54, 1.807) is 17.0 Å². The summed E-state index contributed by atoms with van der Waals surface area (Å²) in [6.07, 6.45) is 4.55. The molecular formula is C16H20ClNO3. The summed E-state index contributed by atoms with van der Waals surface area (Å²) in [5.74, 6) is 0.857. The van der Waals surface area contributed by atoms with Gasteiger partial charge in [0.2, 0.25) is 0 Å². The molecule has 0 radical (unpaired) electrons. The van der Waals surface area contributed by atoms with Crippen molar-refractivity contribution < 1.29 is 14.6 Å². The standard InChI is InChI=1S/C16H20ClNO3/c17-15-8-13(21-12-2-1-3-12)4-5-14(15)16(20)18-7-6-11(9-18)10-19/h4-5,8,11-12,19H,1-3,6-7,9-10H2. The number of rotatable bonds is 4. The average molecular weight is 310 g/mol. The van der Waals surface area contributed by atoms with Gasteiger partial charge < -0.3 is 14.7 Å². The predicted molar refractivity (Wildman–Crippen MR) is 80.8 cm³/mol. The lowest BCUT2D eigenvalue weighted by Gasteiger charge is -2.26. The van der Waals surface area contributed by atoms with E-state index in [2.05, 4.69) is 0 Å². The molecule has 4 nitrogen and oxygen atoms in total. The van der Waals surface area contributed by atoms with E-state index in [9.17, 15) is 4.79 Å². The van der Waals surface area contributed by atoms with Crippen LogP contribution in [0.5, 0.6) is 5.75 Å². The van der Waals surface area contributed by atoms with Crippen LogP contribution in [0.25, 0.3) is 0 Å². The summed E-state index contributed by atoms with van der Waals surface area (Å²) >= 11 is 6.24. The zero-order valence-electron chi connectivity index (χ0n) is 11.9. The number of likely N-dealkylation sites (tertiary alicyclic amines) is 1. The van der Waals surface area contributed by atoms with E-state index >= 15 is 0 Å². The lowest BCUT2D eigenvalue weighted by molar-refractivity contribution is 0.0782. The molecule has 2 aliphatic rings. The van der Waals surface area contributed by atoms with Crippen molar-refractivity contribution in [2.45, 2.75) is 31.8 Å². The number of aliphatic hydroxyl groups is 1. The summed E-state index contributed by atoms with van der Waals surface area (Å²) in [6, 6.07) is 5.29. The number of benzene rings is 1. The van der Waals surface area contributed by atoms with E-state index in [1.165, 1.54) is 6.42 Å². The van der Waals surface area contributed by atoms with Crippen molar-refractivity contribution in [3.63, 3.8) is 0 Å². The van der Waals surface area contributed by atoms with Crippen molar-refractivity contribution in [1.29, 1.82) is 0 Å². The second-order valence-electron chi connectivity index (χ2n) is 5.90. The summed E-state index contributed by atoms with van der Waals surface area (Å²) < 4.78 is 5.78. The molecule has 2 fully saturated rings. The summed E-state index contributed by atoms with van der Waals surface area (Å²) in [5.41, 5.74) is 0.510. The van der Waals surface area contributed by atoms with E-state index in [-0.39, 0.29) is 18.4 Å². The zero-order chi connectivity index (χ0) is 14.8. The number of nitrogens with zero attached hydrogens (tertiary/aromatic N) is 1. The van der Waals surface area contributed by atoms with Gasteiger partial charge in [0.25, 0.3) is 5.91 Å². The minimum absolute atomic E-state index is 0.0638. The fraction of sp³-hybridized carbons (Fsp3) is 0.562. The van der Waals surface area contributed by atoms with E-state index in [1.807, 2.05) is 6.07 Å². The minimum atomic E-state index is -0.0638. The van der Waals surface area contributed by atoms with Gasteiger partial charge in [0, 0.05) is 25.6 Å². The van der Waals surface area contributed by atoms with Crippen molar-refractivity contribution in [1.82, 2.24) is 4.90 Å². The minimum Gasteiger partial charge on any atom is -0.490 e. The van der Waals surface area contributed by atoms with Crippen molar-refractivity contribution in [2.75, 3.05) is 19.7 Å². The van der Waals surface area contributed by atoms with E-state index < -0.39 is 0 Å². The van der Waals surface area contributed by atoms with Crippen LogP contribution in [-0.4, -0.2) is 41.7 Å². The highest BCUT2D eigenvalue weighted by atomic mass is 35.5. The highest BCUT2D eigenvalue weighted by molar-refractivity contribution is 6.34. The predicted octanol–water partition coefficient (Wildman–Crippen LogP) is 2.73. The number of amides is 1. The molecule has 1 N–H and O–H groups in total. The highest BCUT2D eigenvalue weighted by Gasteiger charge is 2.27. The molecule has 0 spiro atoms. The van der Waals surface area contributed by atoms with Gasteiger partial charge in [-0.2, -0.15) is 0 Å². The van der Waals surface area contributed by atoms with Crippen molar-refractivity contribution in [3.05, 3.63) is 28.8 Å². The Bertz CT molecular complexity index is 530. The Hall–Kier alpha value is -1.26. The number of hydrogen-bond donors (Lipinski definition) is 1. The maximum absolute atomic E-state index is 12.4. The second kappa shape index (κ2) is 6.24. The molecule has 0 aromatic heterocycles. The van der Waals surface area contributed by atoms with Gasteiger partial charge in [-0.05, 0) is 43.9 Å². The third kappa shape index (κ3) is 3.16. The second-order valence-corrected chi connectivity index (χ2v) is 6.31. The molecule has 1 saturated heterocycles. The first-order valence-corrected chi connectivity index (χ1v) is 7.91. The van der Waals surface area contributed by atoms with Gasteiger partial charge in [0.15, 0.2) is 0 Å². The van der Waals surface area contributed by atoms with Gasteiger partial charge in [0.1, 0.15) is 5.75 Å². The molecule has 3 rings (SSSR count). The molecule has 5 heteroatoms. The maximum atomic E-state index is 12.4. The average Bonchev–Trinajstić information content (AvgIpc) is 2.91. The Balaban J connectivity index is 1.68. The third-order valence-electron chi connectivity index (χ3n) is 4.36. The van der Waals surface area contributed by atoms with Gasteiger partial charge in [-0.15, -0.1) is 0 Å². The number of hydrogen-bond acceptors (Lipinski definition) is 3. The number of carbonyl (C=O) groups excluding carboxylic acids is 1. The van der Waals surface area contributed by atoms with Crippen LogP contribution in [0.1, 0.15) is 36.0 Å². The Morgan fingerprint density at radius 1 is 1.38 bits per heavy atom. The van der Waals surface area contributed by atoms with Gasteiger partial charge in [-0.3, -0.25) is 4.79 Å².